The molecule has 4 aliphatic carbocycles. The van der Waals surface area contributed by atoms with E-state index in [2.05, 4.69) is 4.98 Å². The number of oxazole rings is 1. The van der Waals surface area contributed by atoms with Crippen molar-refractivity contribution in [3.05, 3.63) is 24.6 Å². The summed E-state index contributed by atoms with van der Waals surface area (Å²) in [5, 5.41) is 0. The lowest BCUT2D eigenvalue weighted by Gasteiger charge is -2.55. The number of carbonyl (C=O) groups excluding carboxylic acids is 1. The van der Waals surface area contributed by atoms with Crippen molar-refractivity contribution < 1.29 is 13.9 Å². The molecule has 4 bridgehead atoms. The van der Waals surface area contributed by atoms with E-state index >= 15 is 0 Å². The minimum atomic E-state index is -0.215. The highest BCUT2D eigenvalue weighted by molar-refractivity contribution is 5.81. The van der Waals surface area contributed by atoms with Crippen LogP contribution in [0.4, 0.5) is 0 Å². The molecule has 0 spiro atoms. The van der Waals surface area contributed by atoms with Gasteiger partial charge in [-0.2, -0.15) is 0 Å². The molecule has 0 aliphatic heterocycles. The van der Waals surface area contributed by atoms with Crippen LogP contribution in [0.5, 0.6) is 5.75 Å². The van der Waals surface area contributed by atoms with Gasteiger partial charge in [-0.25, -0.2) is 4.98 Å². The number of benzene rings is 1. The first-order chi connectivity index (χ1) is 10.7. The molecule has 1 aromatic heterocycles. The van der Waals surface area contributed by atoms with Crippen molar-refractivity contribution in [2.75, 3.05) is 0 Å². The minimum Gasteiger partial charge on any atom is -0.443 e. The van der Waals surface area contributed by atoms with Gasteiger partial charge in [-0.15, -0.1) is 0 Å². The molecule has 6 rings (SSSR count). The van der Waals surface area contributed by atoms with Gasteiger partial charge in [0.25, 0.3) is 0 Å². The second-order valence-corrected chi connectivity index (χ2v) is 7.57. The third-order valence-electron chi connectivity index (χ3n) is 5.98. The summed E-state index contributed by atoms with van der Waals surface area (Å²) in [5.74, 6) is 2.81. The maximum Gasteiger partial charge on any atom is 0.317 e. The molecule has 0 radical (unpaired) electrons. The standard InChI is InChI=1S/C18H19NO3/c20-17(22-14-1-2-16-15(6-14)19-10-21-16)18-7-11-3-12(8-18)5-13(4-11)9-18/h1-2,6,10-13H,3-5,7-9H2. The van der Waals surface area contributed by atoms with Crippen LogP contribution in [-0.4, -0.2) is 11.0 Å². The van der Waals surface area contributed by atoms with Crippen LogP contribution in [0.15, 0.2) is 29.0 Å². The van der Waals surface area contributed by atoms with Gasteiger partial charge in [-0.3, -0.25) is 4.79 Å². The zero-order valence-electron chi connectivity index (χ0n) is 12.5. The van der Waals surface area contributed by atoms with Crippen molar-refractivity contribution in [2.24, 2.45) is 23.2 Å². The average Bonchev–Trinajstić information content (AvgIpc) is 2.93. The van der Waals surface area contributed by atoms with Crippen LogP contribution in [0.2, 0.25) is 0 Å². The van der Waals surface area contributed by atoms with E-state index in [-0.39, 0.29) is 11.4 Å². The molecule has 0 amide bonds. The molecule has 2 aromatic rings. The fourth-order valence-electron chi connectivity index (χ4n) is 5.48. The van der Waals surface area contributed by atoms with E-state index in [1.54, 1.807) is 12.1 Å². The van der Waals surface area contributed by atoms with Crippen molar-refractivity contribution in [2.45, 2.75) is 38.5 Å². The van der Waals surface area contributed by atoms with Crippen molar-refractivity contribution in [3.8, 4) is 5.75 Å². The summed E-state index contributed by atoms with van der Waals surface area (Å²) in [6.45, 7) is 0. The molecule has 4 nitrogen and oxygen atoms in total. The highest BCUT2D eigenvalue weighted by Crippen LogP contribution is 2.60. The Morgan fingerprint density at radius 2 is 1.82 bits per heavy atom. The highest BCUT2D eigenvalue weighted by atomic mass is 16.5. The van der Waals surface area contributed by atoms with E-state index < -0.39 is 0 Å². The van der Waals surface area contributed by atoms with E-state index in [1.807, 2.05) is 6.07 Å². The van der Waals surface area contributed by atoms with Crippen molar-refractivity contribution >= 4 is 17.1 Å². The molecular weight excluding hydrogens is 278 g/mol. The first-order valence-corrected chi connectivity index (χ1v) is 8.26. The van der Waals surface area contributed by atoms with Gasteiger partial charge in [0.15, 0.2) is 12.0 Å². The smallest absolute Gasteiger partial charge is 0.317 e. The Kier molecular flexibility index (Phi) is 2.50. The lowest BCUT2D eigenvalue weighted by atomic mass is 9.49. The number of carbonyl (C=O) groups is 1. The third-order valence-corrected chi connectivity index (χ3v) is 5.98. The molecular formula is C18H19NO3. The molecule has 0 N–H and O–H groups in total. The second kappa shape index (κ2) is 4.34. The Hall–Kier alpha value is -1.84. The number of hydrogen-bond donors (Lipinski definition) is 0. The van der Waals surface area contributed by atoms with Crippen molar-refractivity contribution in [1.29, 1.82) is 0 Å². The zero-order chi connectivity index (χ0) is 14.7. The zero-order valence-corrected chi connectivity index (χ0v) is 12.5. The third kappa shape index (κ3) is 1.82. The number of nitrogens with zero attached hydrogens (tertiary/aromatic N) is 1. The SMILES string of the molecule is O=C(Oc1ccc2ocnc2c1)C12CC3CC(CC(C3)C1)C2. The summed E-state index contributed by atoms with van der Waals surface area (Å²) in [7, 11) is 0. The van der Waals surface area contributed by atoms with Gasteiger partial charge in [0.1, 0.15) is 11.3 Å². The number of aromatic nitrogens is 1. The quantitative estimate of drug-likeness (QED) is 0.622. The van der Waals surface area contributed by atoms with Gasteiger partial charge in [0.2, 0.25) is 0 Å². The Balaban J connectivity index is 1.42. The van der Waals surface area contributed by atoms with Crippen molar-refractivity contribution in [3.63, 3.8) is 0 Å². The molecule has 0 unspecified atom stereocenters. The summed E-state index contributed by atoms with van der Waals surface area (Å²) in [4.78, 5) is 17.0. The van der Waals surface area contributed by atoms with Gasteiger partial charge in [0.05, 0.1) is 5.41 Å². The van der Waals surface area contributed by atoms with E-state index in [9.17, 15) is 4.79 Å². The molecule has 4 heteroatoms. The van der Waals surface area contributed by atoms with Crippen LogP contribution in [0.1, 0.15) is 38.5 Å². The predicted molar refractivity (Wildman–Crippen MR) is 80.2 cm³/mol. The molecule has 1 aromatic carbocycles. The topological polar surface area (TPSA) is 52.3 Å². The molecule has 4 fully saturated rings. The normalized spacial score (nSPS) is 35.9. The van der Waals surface area contributed by atoms with Gasteiger partial charge >= 0.3 is 5.97 Å². The Morgan fingerprint density at radius 3 is 2.50 bits per heavy atom. The largest absolute Gasteiger partial charge is 0.443 e. The van der Waals surface area contributed by atoms with Crippen LogP contribution in [0.3, 0.4) is 0 Å². The van der Waals surface area contributed by atoms with Crippen molar-refractivity contribution in [1.82, 2.24) is 4.98 Å². The first kappa shape index (κ1) is 12.7. The molecule has 4 aliphatic rings. The number of rotatable bonds is 2. The van der Waals surface area contributed by atoms with Crippen LogP contribution in [-0.2, 0) is 4.79 Å². The fourth-order valence-corrected chi connectivity index (χ4v) is 5.48. The highest BCUT2D eigenvalue weighted by Gasteiger charge is 2.55. The molecule has 1 heterocycles. The number of fused-ring (bicyclic) bond motifs is 1. The summed E-state index contributed by atoms with van der Waals surface area (Å²) < 4.78 is 11.0. The second-order valence-electron chi connectivity index (χ2n) is 7.57. The summed E-state index contributed by atoms with van der Waals surface area (Å²) >= 11 is 0. The lowest BCUT2D eigenvalue weighted by molar-refractivity contribution is -0.161. The van der Waals surface area contributed by atoms with Crippen LogP contribution in [0, 0.1) is 23.2 Å². The van der Waals surface area contributed by atoms with Gasteiger partial charge in [0, 0.05) is 6.07 Å². The Labute approximate surface area is 128 Å². The fraction of sp³-hybridized carbons (Fsp3) is 0.556. The number of hydrogen-bond acceptors (Lipinski definition) is 4. The predicted octanol–water partition coefficient (Wildman–Crippen LogP) is 3.95. The van der Waals surface area contributed by atoms with E-state index in [4.69, 9.17) is 9.15 Å². The molecule has 114 valence electrons. The first-order valence-electron chi connectivity index (χ1n) is 8.26. The molecule has 4 saturated carbocycles. The van der Waals surface area contributed by atoms with E-state index in [1.165, 1.54) is 25.7 Å². The maximum atomic E-state index is 12.9. The monoisotopic (exact) mass is 297 g/mol. The van der Waals surface area contributed by atoms with E-state index in [0.29, 0.717) is 5.75 Å². The number of ether oxygens (including phenoxy) is 1. The Bertz CT molecular complexity index is 712. The summed E-state index contributed by atoms with van der Waals surface area (Å²) in [6, 6.07) is 5.40. The van der Waals surface area contributed by atoms with Crippen LogP contribution in [0.25, 0.3) is 11.1 Å². The Morgan fingerprint density at radius 1 is 1.14 bits per heavy atom. The van der Waals surface area contributed by atoms with Crippen LogP contribution < -0.4 is 4.74 Å². The van der Waals surface area contributed by atoms with Crippen LogP contribution >= 0.6 is 0 Å². The van der Waals surface area contributed by atoms with Gasteiger partial charge in [-0.1, -0.05) is 0 Å². The summed E-state index contributed by atoms with van der Waals surface area (Å²) in [6.07, 6.45) is 8.50. The minimum absolute atomic E-state index is 0.0190. The van der Waals surface area contributed by atoms with E-state index in [0.717, 1.165) is 48.1 Å². The lowest BCUT2D eigenvalue weighted by Crippen LogP contribution is -2.51. The van der Waals surface area contributed by atoms with Gasteiger partial charge < -0.3 is 9.15 Å². The molecule has 0 saturated heterocycles. The van der Waals surface area contributed by atoms with Gasteiger partial charge in [-0.05, 0) is 68.4 Å². The maximum absolute atomic E-state index is 12.9. The average molecular weight is 297 g/mol. The molecule has 0 atom stereocenters. The number of esters is 1. The molecule has 22 heavy (non-hydrogen) atoms. The summed E-state index contributed by atoms with van der Waals surface area (Å²) in [5.41, 5.74) is 1.23.